The average Bonchev–Trinajstić information content (AvgIpc) is 3.15. The predicted molar refractivity (Wildman–Crippen MR) is 114 cm³/mol. The van der Waals surface area contributed by atoms with Gasteiger partial charge < -0.3 is 19.2 Å². The van der Waals surface area contributed by atoms with Crippen LogP contribution >= 0.6 is 11.9 Å². The third-order valence-electron chi connectivity index (χ3n) is 3.91. The number of esters is 1. The fourth-order valence-corrected chi connectivity index (χ4v) is 2.84. The number of furan rings is 1. The molecule has 0 aliphatic carbocycles. The van der Waals surface area contributed by atoms with Crippen LogP contribution in [0.2, 0.25) is 0 Å². The second-order valence-electron chi connectivity index (χ2n) is 5.90. The normalized spacial score (nSPS) is 11.0. The largest absolute Gasteiger partial charge is 0.482 e. The van der Waals surface area contributed by atoms with Crippen molar-refractivity contribution in [1.29, 1.82) is 0 Å². The van der Waals surface area contributed by atoms with E-state index in [4.69, 9.17) is 13.9 Å². The van der Waals surface area contributed by atoms with Gasteiger partial charge >= 0.3 is 5.97 Å². The number of carbonyl (C=O) groups excluding carboxylic acids is 2. The molecule has 0 saturated carbocycles. The molecular weight excluding hydrogens is 392 g/mol. The van der Waals surface area contributed by atoms with Crippen molar-refractivity contribution < 1.29 is 23.5 Å². The van der Waals surface area contributed by atoms with Crippen LogP contribution in [0.3, 0.4) is 0 Å². The van der Waals surface area contributed by atoms with Crippen LogP contribution in [-0.2, 0) is 9.53 Å². The quantitative estimate of drug-likeness (QED) is 0.337. The molecule has 0 spiro atoms. The highest BCUT2D eigenvalue weighted by molar-refractivity contribution is 7.97. The monoisotopic (exact) mass is 412 g/mol. The standard InChI is InChI=1S/C21H20N2O5S/c1-3-26-19(24)13-27-17-7-5-16(6-8-17)23-21(25)20-18-9-4-14(11-22-29-2)10-15(18)12-28-20/h4-12H,3,13H2,1-2H3,(H,23,25). The van der Waals surface area contributed by atoms with Gasteiger partial charge in [0.1, 0.15) is 5.75 Å². The lowest BCUT2D eigenvalue weighted by molar-refractivity contribution is -0.145. The molecule has 3 rings (SSSR count). The first kappa shape index (κ1) is 20.5. The van der Waals surface area contributed by atoms with E-state index in [0.29, 0.717) is 18.0 Å². The molecule has 0 bridgehead atoms. The van der Waals surface area contributed by atoms with E-state index in [2.05, 4.69) is 9.71 Å². The van der Waals surface area contributed by atoms with Crippen molar-refractivity contribution in [1.82, 2.24) is 0 Å². The van der Waals surface area contributed by atoms with Gasteiger partial charge in [-0.25, -0.2) is 9.19 Å². The number of hydrogen-bond acceptors (Lipinski definition) is 7. The molecule has 29 heavy (non-hydrogen) atoms. The van der Waals surface area contributed by atoms with Crippen molar-refractivity contribution in [2.24, 2.45) is 4.40 Å². The summed E-state index contributed by atoms with van der Waals surface area (Å²) in [6.45, 7) is 1.87. The Hall–Kier alpha value is -3.26. The molecule has 0 fully saturated rings. The van der Waals surface area contributed by atoms with Gasteiger partial charge in [-0.2, -0.15) is 0 Å². The Balaban J connectivity index is 1.65. The van der Waals surface area contributed by atoms with Crippen LogP contribution in [0, 0.1) is 0 Å². The molecule has 0 unspecified atom stereocenters. The van der Waals surface area contributed by atoms with E-state index in [-0.39, 0.29) is 18.3 Å². The first-order chi connectivity index (χ1) is 14.1. The van der Waals surface area contributed by atoms with Gasteiger partial charge in [0.15, 0.2) is 12.4 Å². The lowest BCUT2D eigenvalue weighted by Crippen LogP contribution is -2.14. The number of anilines is 1. The summed E-state index contributed by atoms with van der Waals surface area (Å²) in [7, 11) is 0. The van der Waals surface area contributed by atoms with E-state index in [9.17, 15) is 9.59 Å². The molecule has 0 aliphatic heterocycles. The van der Waals surface area contributed by atoms with Crippen molar-refractivity contribution >= 4 is 46.5 Å². The number of hydrogen-bond donors (Lipinski definition) is 1. The highest BCUT2D eigenvalue weighted by atomic mass is 32.2. The maximum Gasteiger partial charge on any atom is 0.344 e. The SMILES string of the molecule is CCOC(=O)COc1ccc(NC(=O)c2occ3cc(C=NSC)ccc23)cc1. The maximum atomic E-state index is 12.6. The summed E-state index contributed by atoms with van der Waals surface area (Å²) in [5.74, 6) is -0.0573. The van der Waals surface area contributed by atoms with Crippen LogP contribution in [0.4, 0.5) is 5.69 Å². The molecule has 8 heteroatoms. The number of benzene rings is 2. The van der Waals surface area contributed by atoms with Gasteiger partial charge in [-0.1, -0.05) is 6.07 Å². The molecule has 1 amide bonds. The van der Waals surface area contributed by atoms with E-state index in [0.717, 1.165) is 16.3 Å². The molecule has 0 saturated heterocycles. The maximum absolute atomic E-state index is 12.6. The Labute approximate surface area is 172 Å². The number of nitrogens with one attached hydrogen (secondary N) is 1. The number of carbonyl (C=O) groups is 2. The lowest BCUT2D eigenvalue weighted by atomic mass is 10.1. The first-order valence-corrected chi connectivity index (χ1v) is 10.1. The fourth-order valence-electron chi connectivity index (χ4n) is 2.61. The Morgan fingerprint density at radius 2 is 2.00 bits per heavy atom. The van der Waals surface area contributed by atoms with Crippen LogP contribution in [0.25, 0.3) is 10.8 Å². The smallest absolute Gasteiger partial charge is 0.344 e. The second kappa shape index (κ2) is 9.79. The van der Waals surface area contributed by atoms with Crippen molar-refractivity contribution in [2.75, 3.05) is 24.8 Å². The summed E-state index contributed by atoms with van der Waals surface area (Å²) in [4.78, 5) is 23.9. The van der Waals surface area contributed by atoms with Crippen molar-refractivity contribution in [3.63, 3.8) is 0 Å². The van der Waals surface area contributed by atoms with E-state index in [1.165, 1.54) is 11.9 Å². The zero-order valence-electron chi connectivity index (χ0n) is 16.0. The Kier molecular flexibility index (Phi) is 6.91. The third kappa shape index (κ3) is 5.39. The fraction of sp³-hybridized carbons (Fsp3) is 0.190. The van der Waals surface area contributed by atoms with Gasteiger partial charge in [-0.05, 0) is 60.8 Å². The second-order valence-corrected chi connectivity index (χ2v) is 6.48. The Morgan fingerprint density at radius 1 is 1.21 bits per heavy atom. The highest BCUT2D eigenvalue weighted by Gasteiger charge is 2.15. The summed E-state index contributed by atoms with van der Waals surface area (Å²) in [6, 6.07) is 12.3. The zero-order valence-corrected chi connectivity index (χ0v) is 16.8. The van der Waals surface area contributed by atoms with Gasteiger partial charge in [0, 0.05) is 28.9 Å². The number of fused-ring (bicyclic) bond motifs is 1. The molecule has 1 N–H and O–H groups in total. The minimum atomic E-state index is -0.433. The molecule has 0 radical (unpaired) electrons. The lowest BCUT2D eigenvalue weighted by Gasteiger charge is -2.07. The van der Waals surface area contributed by atoms with E-state index < -0.39 is 5.97 Å². The van der Waals surface area contributed by atoms with Gasteiger partial charge in [0.25, 0.3) is 5.91 Å². The molecule has 3 aromatic rings. The van der Waals surface area contributed by atoms with Crippen LogP contribution in [0.5, 0.6) is 5.75 Å². The van der Waals surface area contributed by atoms with Crippen LogP contribution < -0.4 is 10.1 Å². The molecule has 0 atom stereocenters. The molecule has 150 valence electrons. The van der Waals surface area contributed by atoms with Gasteiger partial charge in [-0.3, -0.25) is 4.79 Å². The molecule has 1 heterocycles. The molecule has 1 aromatic heterocycles. The number of amides is 1. The highest BCUT2D eigenvalue weighted by Crippen LogP contribution is 2.24. The molecular formula is C21H20N2O5S. The minimum Gasteiger partial charge on any atom is -0.482 e. The van der Waals surface area contributed by atoms with E-state index >= 15 is 0 Å². The molecule has 0 aliphatic rings. The number of nitrogens with zero attached hydrogens (tertiary/aromatic N) is 1. The van der Waals surface area contributed by atoms with E-state index in [1.54, 1.807) is 43.7 Å². The number of ether oxygens (including phenoxy) is 2. The van der Waals surface area contributed by atoms with Crippen LogP contribution in [0.1, 0.15) is 23.0 Å². The van der Waals surface area contributed by atoms with Gasteiger partial charge in [-0.15, -0.1) is 0 Å². The molecule has 2 aromatic carbocycles. The van der Waals surface area contributed by atoms with Gasteiger partial charge in [0.2, 0.25) is 0 Å². The minimum absolute atomic E-state index is 0.165. The van der Waals surface area contributed by atoms with E-state index in [1.807, 2.05) is 24.5 Å². The summed E-state index contributed by atoms with van der Waals surface area (Å²) in [5.41, 5.74) is 1.50. The predicted octanol–water partition coefficient (Wildman–Crippen LogP) is 4.32. The topological polar surface area (TPSA) is 90.1 Å². The summed E-state index contributed by atoms with van der Waals surface area (Å²) >= 11 is 1.37. The Bertz CT molecular complexity index is 1030. The third-order valence-corrected chi connectivity index (χ3v) is 4.23. The summed E-state index contributed by atoms with van der Waals surface area (Å²) in [5, 5.41) is 4.33. The van der Waals surface area contributed by atoms with Crippen LogP contribution in [0.15, 0.2) is 57.5 Å². The Morgan fingerprint density at radius 3 is 2.72 bits per heavy atom. The van der Waals surface area contributed by atoms with Gasteiger partial charge in [0.05, 0.1) is 12.9 Å². The van der Waals surface area contributed by atoms with Crippen molar-refractivity contribution in [2.45, 2.75) is 6.92 Å². The first-order valence-electron chi connectivity index (χ1n) is 8.88. The number of rotatable bonds is 8. The van der Waals surface area contributed by atoms with Crippen LogP contribution in [-0.4, -0.2) is 37.6 Å². The zero-order chi connectivity index (χ0) is 20.6. The molecule has 7 nitrogen and oxygen atoms in total. The summed E-state index contributed by atoms with van der Waals surface area (Å²) in [6.07, 6.45) is 5.18. The average molecular weight is 412 g/mol. The van der Waals surface area contributed by atoms with Crippen molar-refractivity contribution in [3.8, 4) is 5.75 Å². The summed E-state index contributed by atoms with van der Waals surface area (Å²) < 4.78 is 19.7. The van der Waals surface area contributed by atoms with Crippen molar-refractivity contribution in [3.05, 3.63) is 60.1 Å².